The van der Waals surface area contributed by atoms with Crippen LogP contribution in [0.4, 0.5) is 0 Å². The smallest absolute Gasteiger partial charge is 0.0645 e. The highest BCUT2D eigenvalue weighted by Gasteiger charge is 2.26. The van der Waals surface area contributed by atoms with Gasteiger partial charge in [0.05, 0.1) is 5.60 Å². The standard InChI is InChI=1S/C12H25NO/c1-3-12(14,4-2)9-11-7-5-6-8-13-10-11/h11,13-14H,3-10H2,1-2H3. The average Bonchev–Trinajstić information content (AvgIpc) is 2.46. The third kappa shape index (κ3) is 3.58. The monoisotopic (exact) mass is 199 g/mol. The summed E-state index contributed by atoms with van der Waals surface area (Å²) in [6, 6.07) is 0. The van der Waals surface area contributed by atoms with Gasteiger partial charge in [-0.15, -0.1) is 0 Å². The second-order valence-electron chi connectivity index (χ2n) is 4.70. The summed E-state index contributed by atoms with van der Waals surface area (Å²) < 4.78 is 0. The Kier molecular flexibility index (Phi) is 4.90. The second kappa shape index (κ2) is 5.72. The van der Waals surface area contributed by atoms with E-state index in [-0.39, 0.29) is 0 Å². The van der Waals surface area contributed by atoms with Crippen LogP contribution < -0.4 is 5.32 Å². The molecule has 0 bridgehead atoms. The Balaban J connectivity index is 2.39. The van der Waals surface area contributed by atoms with Crippen molar-refractivity contribution in [3.05, 3.63) is 0 Å². The van der Waals surface area contributed by atoms with Crippen LogP contribution in [0, 0.1) is 5.92 Å². The van der Waals surface area contributed by atoms with E-state index >= 15 is 0 Å². The molecule has 0 aliphatic carbocycles. The predicted molar refractivity (Wildman–Crippen MR) is 60.4 cm³/mol. The molecule has 2 heteroatoms. The van der Waals surface area contributed by atoms with Gasteiger partial charge in [0, 0.05) is 0 Å². The van der Waals surface area contributed by atoms with E-state index in [1.54, 1.807) is 0 Å². The third-order valence-electron chi connectivity index (χ3n) is 3.63. The van der Waals surface area contributed by atoms with E-state index in [0.29, 0.717) is 5.92 Å². The molecular weight excluding hydrogens is 174 g/mol. The average molecular weight is 199 g/mol. The first kappa shape index (κ1) is 12.0. The van der Waals surface area contributed by atoms with E-state index < -0.39 is 5.60 Å². The van der Waals surface area contributed by atoms with Crippen molar-refractivity contribution in [1.29, 1.82) is 0 Å². The van der Waals surface area contributed by atoms with E-state index in [9.17, 15) is 5.11 Å². The predicted octanol–water partition coefficient (Wildman–Crippen LogP) is 2.32. The van der Waals surface area contributed by atoms with Gasteiger partial charge in [-0.25, -0.2) is 0 Å². The van der Waals surface area contributed by atoms with Crippen molar-refractivity contribution >= 4 is 0 Å². The Bertz CT molecular complexity index is 146. The summed E-state index contributed by atoms with van der Waals surface area (Å²) in [5, 5.41) is 13.7. The molecule has 2 N–H and O–H groups in total. The van der Waals surface area contributed by atoms with Crippen LogP contribution in [0.1, 0.15) is 52.4 Å². The summed E-state index contributed by atoms with van der Waals surface area (Å²) in [6.07, 6.45) is 6.66. The zero-order valence-corrected chi connectivity index (χ0v) is 9.68. The van der Waals surface area contributed by atoms with Gasteiger partial charge in [-0.05, 0) is 51.1 Å². The van der Waals surface area contributed by atoms with Crippen molar-refractivity contribution in [3.8, 4) is 0 Å². The van der Waals surface area contributed by atoms with Gasteiger partial charge in [0.15, 0.2) is 0 Å². The van der Waals surface area contributed by atoms with Crippen LogP contribution in [0.25, 0.3) is 0 Å². The minimum atomic E-state index is -0.406. The molecule has 2 nitrogen and oxygen atoms in total. The zero-order valence-electron chi connectivity index (χ0n) is 9.68. The molecule has 84 valence electrons. The Morgan fingerprint density at radius 2 is 2.00 bits per heavy atom. The van der Waals surface area contributed by atoms with Crippen LogP contribution in [-0.2, 0) is 0 Å². The molecule has 0 saturated carbocycles. The topological polar surface area (TPSA) is 32.3 Å². The lowest BCUT2D eigenvalue weighted by Crippen LogP contribution is -2.33. The number of nitrogens with one attached hydrogen (secondary N) is 1. The van der Waals surface area contributed by atoms with Gasteiger partial charge in [-0.2, -0.15) is 0 Å². The molecule has 1 heterocycles. The summed E-state index contributed by atoms with van der Waals surface area (Å²) in [4.78, 5) is 0. The molecule has 14 heavy (non-hydrogen) atoms. The number of hydrogen-bond acceptors (Lipinski definition) is 2. The third-order valence-corrected chi connectivity index (χ3v) is 3.63. The fourth-order valence-electron chi connectivity index (χ4n) is 2.34. The van der Waals surface area contributed by atoms with Crippen LogP contribution in [-0.4, -0.2) is 23.8 Å². The molecule has 0 aromatic rings. The van der Waals surface area contributed by atoms with Crippen molar-refractivity contribution in [2.45, 2.75) is 58.0 Å². The first-order valence-corrected chi connectivity index (χ1v) is 6.13. The molecule has 1 unspecified atom stereocenters. The molecule has 1 aliphatic rings. The maximum atomic E-state index is 10.2. The van der Waals surface area contributed by atoms with Crippen LogP contribution in [0.5, 0.6) is 0 Å². The maximum Gasteiger partial charge on any atom is 0.0645 e. The Morgan fingerprint density at radius 1 is 1.29 bits per heavy atom. The van der Waals surface area contributed by atoms with E-state index in [2.05, 4.69) is 19.2 Å². The highest BCUT2D eigenvalue weighted by Crippen LogP contribution is 2.27. The van der Waals surface area contributed by atoms with Crippen LogP contribution >= 0.6 is 0 Å². The van der Waals surface area contributed by atoms with Gasteiger partial charge in [0.25, 0.3) is 0 Å². The molecule has 1 rings (SSSR count). The minimum absolute atomic E-state index is 0.406. The molecule has 0 amide bonds. The molecule has 0 radical (unpaired) electrons. The Hall–Kier alpha value is -0.0800. The van der Waals surface area contributed by atoms with Gasteiger partial charge < -0.3 is 10.4 Å². The first-order chi connectivity index (χ1) is 6.70. The van der Waals surface area contributed by atoms with Gasteiger partial charge in [-0.3, -0.25) is 0 Å². The van der Waals surface area contributed by atoms with E-state index in [1.165, 1.54) is 19.3 Å². The largest absolute Gasteiger partial charge is 0.390 e. The number of rotatable bonds is 4. The molecule has 1 aliphatic heterocycles. The van der Waals surface area contributed by atoms with Crippen molar-refractivity contribution in [1.82, 2.24) is 5.32 Å². The van der Waals surface area contributed by atoms with E-state index in [0.717, 1.165) is 32.4 Å². The summed E-state index contributed by atoms with van der Waals surface area (Å²) in [5.74, 6) is 0.683. The molecule has 0 aromatic carbocycles. The Morgan fingerprint density at radius 3 is 2.64 bits per heavy atom. The summed E-state index contributed by atoms with van der Waals surface area (Å²) in [6.45, 7) is 6.44. The molecule has 1 atom stereocenters. The number of aliphatic hydroxyl groups is 1. The van der Waals surface area contributed by atoms with Crippen molar-refractivity contribution in [3.63, 3.8) is 0 Å². The quantitative estimate of drug-likeness (QED) is 0.728. The normalized spacial score (nSPS) is 24.6. The lowest BCUT2D eigenvalue weighted by molar-refractivity contribution is 0.00732. The fourth-order valence-corrected chi connectivity index (χ4v) is 2.34. The first-order valence-electron chi connectivity index (χ1n) is 6.13. The van der Waals surface area contributed by atoms with Crippen molar-refractivity contribution in [2.75, 3.05) is 13.1 Å². The van der Waals surface area contributed by atoms with Gasteiger partial charge in [0.2, 0.25) is 0 Å². The van der Waals surface area contributed by atoms with Crippen LogP contribution in [0.15, 0.2) is 0 Å². The summed E-state index contributed by atoms with van der Waals surface area (Å²) in [5.41, 5.74) is -0.406. The highest BCUT2D eigenvalue weighted by atomic mass is 16.3. The molecule has 1 fully saturated rings. The van der Waals surface area contributed by atoms with Gasteiger partial charge in [0.1, 0.15) is 0 Å². The summed E-state index contributed by atoms with van der Waals surface area (Å²) >= 11 is 0. The lowest BCUT2D eigenvalue weighted by atomic mass is 9.84. The highest BCUT2D eigenvalue weighted by molar-refractivity contribution is 4.81. The second-order valence-corrected chi connectivity index (χ2v) is 4.70. The van der Waals surface area contributed by atoms with Gasteiger partial charge in [-0.1, -0.05) is 20.3 Å². The van der Waals surface area contributed by atoms with Crippen LogP contribution in [0.2, 0.25) is 0 Å². The zero-order chi connectivity index (χ0) is 10.4. The molecular formula is C12H25NO. The SMILES string of the molecule is CCC(O)(CC)CC1CCCCNC1. The van der Waals surface area contributed by atoms with E-state index in [4.69, 9.17) is 0 Å². The van der Waals surface area contributed by atoms with Crippen LogP contribution in [0.3, 0.4) is 0 Å². The fraction of sp³-hybridized carbons (Fsp3) is 1.00. The lowest BCUT2D eigenvalue weighted by Gasteiger charge is -2.29. The summed E-state index contributed by atoms with van der Waals surface area (Å²) in [7, 11) is 0. The maximum absolute atomic E-state index is 10.2. The molecule has 1 saturated heterocycles. The number of hydrogen-bond donors (Lipinski definition) is 2. The Labute approximate surface area is 88.1 Å². The van der Waals surface area contributed by atoms with Gasteiger partial charge >= 0.3 is 0 Å². The minimum Gasteiger partial charge on any atom is -0.390 e. The molecule has 0 aromatic heterocycles. The van der Waals surface area contributed by atoms with Crippen molar-refractivity contribution in [2.24, 2.45) is 5.92 Å². The van der Waals surface area contributed by atoms with Crippen molar-refractivity contribution < 1.29 is 5.11 Å². The molecule has 0 spiro atoms. The van der Waals surface area contributed by atoms with E-state index in [1.807, 2.05) is 0 Å².